The lowest BCUT2D eigenvalue weighted by Crippen LogP contribution is -2.62. The van der Waals surface area contributed by atoms with Gasteiger partial charge in [0.15, 0.2) is 5.11 Å². The first kappa shape index (κ1) is 23.1. The fourth-order valence-electron chi connectivity index (χ4n) is 3.85. The molecule has 1 aliphatic heterocycles. The second-order valence-corrected chi connectivity index (χ2v) is 8.12. The first-order valence-electron chi connectivity index (χ1n) is 10.7. The van der Waals surface area contributed by atoms with Gasteiger partial charge in [-0.3, -0.25) is 9.59 Å². The molecule has 1 aliphatic rings. The summed E-state index contributed by atoms with van der Waals surface area (Å²) in [5.74, 6) is -0.424. The Morgan fingerprint density at radius 1 is 0.654 bits per heavy atom. The van der Waals surface area contributed by atoms with Crippen molar-refractivity contribution < 1.29 is 9.59 Å². The molecule has 0 aromatic rings. The molecule has 1 saturated heterocycles. The molecular weight excluding hydrogens is 344 g/mol. The van der Waals surface area contributed by atoms with Crippen LogP contribution in [-0.4, -0.2) is 16.9 Å². The van der Waals surface area contributed by atoms with E-state index in [1.54, 1.807) is 0 Å². The predicted molar refractivity (Wildman–Crippen MR) is 112 cm³/mol. The number of thiocarbonyl (C=S) groups is 1. The lowest BCUT2D eigenvalue weighted by molar-refractivity contribution is -0.144. The average molecular weight is 383 g/mol. The van der Waals surface area contributed by atoms with Crippen LogP contribution in [-0.2, 0) is 9.59 Å². The van der Waals surface area contributed by atoms with Crippen LogP contribution in [0.3, 0.4) is 0 Å². The Hall–Kier alpha value is -0.970. The van der Waals surface area contributed by atoms with E-state index in [4.69, 9.17) is 12.2 Å². The number of carbonyl (C=O) groups is 2. The molecule has 2 amide bonds. The highest BCUT2D eigenvalue weighted by molar-refractivity contribution is 7.80. The zero-order valence-corrected chi connectivity index (χ0v) is 17.6. The van der Waals surface area contributed by atoms with E-state index in [-0.39, 0.29) is 16.9 Å². The van der Waals surface area contributed by atoms with Crippen molar-refractivity contribution in [3.63, 3.8) is 0 Å². The minimum Gasteiger partial charge on any atom is -0.302 e. The van der Waals surface area contributed by atoms with E-state index < -0.39 is 5.41 Å². The Morgan fingerprint density at radius 3 is 1.50 bits per heavy atom. The van der Waals surface area contributed by atoms with Crippen molar-refractivity contribution >= 4 is 29.1 Å². The van der Waals surface area contributed by atoms with Gasteiger partial charge in [-0.05, 0) is 25.1 Å². The highest BCUT2D eigenvalue weighted by Gasteiger charge is 2.47. The highest BCUT2D eigenvalue weighted by atomic mass is 32.1. The van der Waals surface area contributed by atoms with Gasteiger partial charge in [-0.15, -0.1) is 0 Å². The number of amides is 2. The van der Waals surface area contributed by atoms with Crippen LogP contribution in [0.1, 0.15) is 110 Å². The van der Waals surface area contributed by atoms with Gasteiger partial charge in [-0.1, -0.05) is 97.3 Å². The molecular formula is C21H38N2O2S. The Kier molecular flexibility index (Phi) is 11.7. The quantitative estimate of drug-likeness (QED) is 0.227. The summed E-state index contributed by atoms with van der Waals surface area (Å²) < 4.78 is 0. The first-order valence-corrected chi connectivity index (χ1v) is 11.1. The molecule has 0 aromatic heterocycles. The van der Waals surface area contributed by atoms with Gasteiger partial charge in [0.1, 0.15) is 5.41 Å². The van der Waals surface area contributed by atoms with Crippen molar-refractivity contribution in [2.45, 2.75) is 110 Å². The smallest absolute Gasteiger partial charge is 0.241 e. The molecule has 1 rings (SSSR count). The van der Waals surface area contributed by atoms with Crippen molar-refractivity contribution in [1.29, 1.82) is 0 Å². The molecule has 2 N–H and O–H groups in total. The third kappa shape index (κ3) is 7.73. The summed E-state index contributed by atoms with van der Waals surface area (Å²) in [6, 6.07) is 0. The fraction of sp³-hybridized carbons (Fsp3) is 0.857. The summed E-state index contributed by atoms with van der Waals surface area (Å²) in [6.07, 6.45) is 17.4. The van der Waals surface area contributed by atoms with Gasteiger partial charge in [-0.2, -0.15) is 0 Å². The minimum absolute atomic E-state index is 0.140. The Morgan fingerprint density at radius 2 is 1.08 bits per heavy atom. The van der Waals surface area contributed by atoms with Gasteiger partial charge in [0.05, 0.1) is 0 Å². The molecule has 0 atom stereocenters. The largest absolute Gasteiger partial charge is 0.302 e. The summed E-state index contributed by atoms with van der Waals surface area (Å²) in [6.45, 7) is 4.27. The van der Waals surface area contributed by atoms with Crippen LogP contribution in [0, 0.1) is 5.41 Å². The second kappa shape index (κ2) is 13.2. The average Bonchev–Trinajstić information content (AvgIpc) is 2.60. The van der Waals surface area contributed by atoms with Crippen molar-refractivity contribution in [3.8, 4) is 0 Å². The number of carbonyl (C=O) groups excluding carboxylic acids is 2. The zero-order chi connectivity index (χ0) is 19.3. The molecule has 0 saturated carbocycles. The van der Waals surface area contributed by atoms with E-state index in [2.05, 4.69) is 17.6 Å². The van der Waals surface area contributed by atoms with Crippen LogP contribution in [0.25, 0.3) is 0 Å². The maximum absolute atomic E-state index is 12.4. The number of hydrogen-bond acceptors (Lipinski definition) is 3. The van der Waals surface area contributed by atoms with Crippen molar-refractivity contribution in [3.05, 3.63) is 0 Å². The molecule has 0 aliphatic carbocycles. The monoisotopic (exact) mass is 382 g/mol. The molecule has 0 radical (unpaired) electrons. The Balaban J connectivity index is 2.15. The third-order valence-corrected chi connectivity index (χ3v) is 5.66. The van der Waals surface area contributed by atoms with Crippen LogP contribution < -0.4 is 10.6 Å². The SMILES string of the molecule is CCCCCCCCCCCCCCC1(CCC)C(=O)NC(=S)NC1=O. The maximum atomic E-state index is 12.4. The second-order valence-electron chi connectivity index (χ2n) is 7.71. The molecule has 1 fully saturated rings. The van der Waals surface area contributed by atoms with Gasteiger partial charge in [0.25, 0.3) is 0 Å². The third-order valence-electron chi connectivity index (χ3n) is 5.46. The van der Waals surface area contributed by atoms with Gasteiger partial charge in [0.2, 0.25) is 11.8 Å². The maximum Gasteiger partial charge on any atom is 0.241 e. The number of rotatable bonds is 15. The lowest BCUT2D eigenvalue weighted by atomic mass is 9.76. The van der Waals surface area contributed by atoms with E-state index >= 15 is 0 Å². The van der Waals surface area contributed by atoms with E-state index in [1.165, 1.54) is 64.2 Å². The molecule has 0 spiro atoms. The molecule has 150 valence electrons. The van der Waals surface area contributed by atoms with Crippen molar-refractivity contribution in [2.75, 3.05) is 0 Å². The first-order chi connectivity index (χ1) is 12.6. The molecule has 0 unspecified atom stereocenters. The molecule has 0 aromatic carbocycles. The zero-order valence-electron chi connectivity index (χ0n) is 16.8. The minimum atomic E-state index is -0.921. The molecule has 1 heterocycles. The lowest BCUT2D eigenvalue weighted by Gasteiger charge is -2.35. The Labute approximate surface area is 165 Å². The van der Waals surface area contributed by atoms with E-state index in [0.717, 1.165) is 19.3 Å². The highest BCUT2D eigenvalue weighted by Crippen LogP contribution is 2.33. The van der Waals surface area contributed by atoms with E-state index in [9.17, 15) is 9.59 Å². The summed E-state index contributed by atoms with van der Waals surface area (Å²) in [4.78, 5) is 24.8. The summed E-state index contributed by atoms with van der Waals surface area (Å²) in [7, 11) is 0. The predicted octanol–water partition coefficient (Wildman–Crippen LogP) is 5.40. The van der Waals surface area contributed by atoms with Crippen LogP contribution in [0.2, 0.25) is 0 Å². The molecule has 5 heteroatoms. The molecule has 26 heavy (non-hydrogen) atoms. The summed E-state index contributed by atoms with van der Waals surface area (Å²) >= 11 is 4.92. The standard InChI is InChI=1S/C21H38N2O2S/c1-3-5-6-7-8-9-10-11-12-13-14-15-17-21(16-4-2)18(24)22-20(26)23-19(21)25/h3-17H2,1-2H3,(H2,22,23,24,25,26). The van der Waals surface area contributed by atoms with Crippen LogP contribution in [0.4, 0.5) is 0 Å². The van der Waals surface area contributed by atoms with Gasteiger partial charge >= 0.3 is 0 Å². The number of hydrogen-bond donors (Lipinski definition) is 2. The van der Waals surface area contributed by atoms with Crippen LogP contribution in [0.5, 0.6) is 0 Å². The van der Waals surface area contributed by atoms with Gasteiger partial charge < -0.3 is 10.6 Å². The van der Waals surface area contributed by atoms with Crippen LogP contribution >= 0.6 is 12.2 Å². The van der Waals surface area contributed by atoms with Crippen molar-refractivity contribution in [2.24, 2.45) is 5.41 Å². The van der Waals surface area contributed by atoms with Gasteiger partial charge in [0, 0.05) is 0 Å². The van der Waals surface area contributed by atoms with Crippen molar-refractivity contribution in [1.82, 2.24) is 10.6 Å². The van der Waals surface area contributed by atoms with E-state index in [1.807, 2.05) is 6.92 Å². The fourth-order valence-corrected chi connectivity index (χ4v) is 4.04. The molecule has 4 nitrogen and oxygen atoms in total. The number of nitrogens with one attached hydrogen (secondary N) is 2. The molecule has 0 bridgehead atoms. The normalized spacial score (nSPS) is 16.5. The topological polar surface area (TPSA) is 58.2 Å². The van der Waals surface area contributed by atoms with Crippen LogP contribution in [0.15, 0.2) is 0 Å². The summed E-state index contributed by atoms with van der Waals surface area (Å²) in [5.41, 5.74) is -0.921. The summed E-state index contributed by atoms with van der Waals surface area (Å²) in [5, 5.41) is 5.42. The number of unbranched alkanes of at least 4 members (excludes halogenated alkanes) is 11. The Bertz CT molecular complexity index is 431. The van der Waals surface area contributed by atoms with E-state index in [0.29, 0.717) is 12.8 Å². The van der Waals surface area contributed by atoms with Gasteiger partial charge in [-0.25, -0.2) is 0 Å².